The van der Waals surface area contributed by atoms with Gasteiger partial charge in [-0.2, -0.15) is 0 Å². The van der Waals surface area contributed by atoms with Crippen LogP contribution in [0.1, 0.15) is 31.7 Å². The predicted octanol–water partition coefficient (Wildman–Crippen LogP) is 6.68. The van der Waals surface area contributed by atoms with Gasteiger partial charge in [0, 0.05) is 5.56 Å². The molecule has 0 aliphatic heterocycles. The van der Waals surface area contributed by atoms with E-state index in [-0.39, 0.29) is 12.5 Å². The first-order chi connectivity index (χ1) is 15.0. The number of hydrogen-bond acceptors (Lipinski definition) is 4. The summed E-state index contributed by atoms with van der Waals surface area (Å²) in [7, 11) is 0. The van der Waals surface area contributed by atoms with Crippen molar-refractivity contribution in [3.8, 4) is 17.2 Å². The van der Waals surface area contributed by atoms with Crippen LogP contribution in [0.2, 0.25) is 5.02 Å². The van der Waals surface area contributed by atoms with Crippen molar-refractivity contribution in [2.24, 2.45) is 0 Å². The fourth-order valence-corrected chi connectivity index (χ4v) is 3.38. The van der Waals surface area contributed by atoms with E-state index >= 15 is 0 Å². The number of para-hydroxylation sites is 2. The second-order valence-electron chi connectivity index (χ2n) is 7.40. The standard InChI is InChI=1S/C25H23ClN2O3/c1-3-16(2)17-8-11-19(12-9-17)30-15-24(29)27-22-14-18(10-13-20(22)26)25-28-21-6-4-5-7-23(21)31-25/h4-14,16H,3,15H2,1-2H3,(H,27,29)/t16-/m0/s1. The van der Waals surface area contributed by atoms with E-state index in [1.165, 1.54) is 5.56 Å². The molecule has 0 aliphatic carbocycles. The lowest BCUT2D eigenvalue weighted by atomic mass is 9.99. The first-order valence-electron chi connectivity index (χ1n) is 10.2. The van der Waals surface area contributed by atoms with Gasteiger partial charge in [0.15, 0.2) is 12.2 Å². The summed E-state index contributed by atoms with van der Waals surface area (Å²) in [5, 5.41) is 3.22. The Balaban J connectivity index is 1.42. The predicted molar refractivity (Wildman–Crippen MR) is 124 cm³/mol. The van der Waals surface area contributed by atoms with Crippen LogP contribution in [0.15, 0.2) is 71.1 Å². The Labute approximate surface area is 186 Å². The first kappa shape index (κ1) is 20.9. The van der Waals surface area contributed by atoms with Crippen molar-refractivity contribution in [1.82, 2.24) is 4.98 Å². The summed E-state index contributed by atoms with van der Waals surface area (Å²) in [6.45, 7) is 4.22. The van der Waals surface area contributed by atoms with Gasteiger partial charge in [0.2, 0.25) is 5.89 Å². The van der Waals surface area contributed by atoms with Crippen molar-refractivity contribution in [3.05, 3.63) is 77.3 Å². The first-order valence-corrected chi connectivity index (χ1v) is 10.6. The van der Waals surface area contributed by atoms with Crippen LogP contribution in [0.5, 0.6) is 5.75 Å². The molecule has 0 radical (unpaired) electrons. The van der Waals surface area contributed by atoms with Gasteiger partial charge in [-0.1, -0.05) is 49.7 Å². The zero-order valence-corrected chi connectivity index (χ0v) is 18.1. The number of amides is 1. The Hall–Kier alpha value is -3.31. The molecule has 0 saturated carbocycles. The number of oxazole rings is 1. The van der Waals surface area contributed by atoms with Crippen molar-refractivity contribution in [2.45, 2.75) is 26.2 Å². The van der Waals surface area contributed by atoms with E-state index in [2.05, 4.69) is 24.1 Å². The van der Waals surface area contributed by atoms with Gasteiger partial charge in [-0.3, -0.25) is 4.79 Å². The maximum atomic E-state index is 12.4. The third kappa shape index (κ3) is 4.89. The Kier molecular flexibility index (Phi) is 6.23. The van der Waals surface area contributed by atoms with Crippen LogP contribution < -0.4 is 10.1 Å². The molecule has 1 atom stereocenters. The zero-order chi connectivity index (χ0) is 21.8. The van der Waals surface area contributed by atoms with E-state index in [1.54, 1.807) is 18.2 Å². The molecule has 5 nitrogen and oxygen atoms in total. The third-order valence-electron chi connectivity index (χ3n) is 5.21. The van der Waals surface area contributed by atoms with Gasteiger partial charge >= 0.3 is 0 Å². The normalized spacial score (nSPS) is 12.0. The number of rotatable bonds is 7. The third-order valence-corrected chi connectivity index (χ3v) is 5.54. The molecule has 0 bridgehead atoms. The minimum absolute atomic E-state index is 0.119. The summed E-state index contributed by atoms with van der Waals surface area (Å²) in [4.78, 5) is 16.9. The Morgan fingerprint density at radius 3 is 2.65 bits per heavy atom. The van der Waals surface area contributed by atoms with Gasteiger partial charge < -0.3 is 14.5 Å². The summed E-state index contributed by atoms with van der Waals surface area (Å²) in [6.07, 6.45) is 1.08. The molecule has 31 heavy (non-hydrogen) atoms. The highest BCUT2D eigenvalue weighted by molar-refractivity contribution is 6.33. The Morgan fingerprint density at radius 2 is 1.90 bits per heavy atom. The minimum Gasteiger partial charge on any atom is -0.484 e. The Morgan fingerprint density at radius 1 is 1.13 bits per heavy atom. The molecule has 0 saturated heterocycles. The molecule has 4 aromatic rings. The van der Waals surface area contributed by atoms with Crippen LogP contribution in [-0.2, 0) is 4.79 Å². The molecular formula is C25H23ClN2O3. The topological polar surface area (TPSA) is 64.4 Å². The monoisotopic (exact) mass is 434 g/mol. The van der Waals surface area contributed by atoms with Gasteiger partial charge in [0.25, 0.3) is 5.91 Å². The Bertz CT molecular complexity index is 1170. The number of benzene rings is 3. The molecule has 3 aromatic carbocycles. The largest absolute Gasteiger partial charge is 0.484 e. The van der Waals surface area contributed by atoms with Crippen LogP contribution >= 0.6 is 11.6 Å². The maximum Gasteiger partial charge on any atom is 0.262 e. The average Bonchev–Trinajstić information content (AvgIpc) is 3.23. The molecule has 1 heterocycles. The number of fused-ring (bicyclic) bond motifs is 1. The van der Waals surface area contributed by atoms with Crippen molar-refractivity contribution in [2.75, 3.05) is 11.9 Å². The minimum atomic E-state index is -0.303. The van der Waals surface area contributed by atoms with E-state index < -0.39 is 0 Å². The van der Waals surface area contributed by atoms with Gasteiger partial charge in [0.05, 0.1) is 10.7 Å². The molecule has 0 aliphatic rings. The van der Waals surface area contributed by atoms with E-state index in [0.717, 1.165) is 17.5 Å². The number of carbonyl (C=O) groups is 1. The van der Waals surface area contributed by atoms with E-state index in [1.807, 2.05) is 48.5 Å². The lowest BCUT2D eigenvalue weighted by Crippen LogP contribution is -2.20. The lowest BCUT2D eigenvalue weighted by Gasteiger charge is -2.11. The smallest absolute Gasteiger partial charge is 0.262 e. The van der Waals surface area contributed by atoms with Crippen LogP contribution in [0.3, 0.4) is 0 Å². The number of halogens is 1. The number of nitrogens with zero attached hydrogens (tertiary/aromatic N) is 1. The summed E-state index contributed by atoms with van der Waals surface area (Å²) in [5.74, 6) is 1.30. The second kappa shape index (κ2) is 9.23. The van der Waals surface area contributed by atoms with Gasteiger partial charge in [-0.05, 0) is 60.4 Å². The zero-order valence-electron chi connectivity index (χ0n) is 17.4. The summed E-state index contributed by atoms with van der Waals surface area (Å²) >= 11 is 6.28. The number of carbonyl (C=O) groups excluding carboxylic acids is 1. The highest BCUT2D eigenvalue weighted by Crippen LogP contribution is 2.30. The number of ether oxygens (including phenoxy) is 1. The van der Waals surface area contributed by atoms with Crippen LogP contribution in [0.25, 0.3) is 22.6 Å². The number of anilines is 1. The summed E-state index contributed by atoms with van der Waals surface area (Å²) < 4.78 is 11.4. The number of nitrogens with one attached hydrogen (secondary N) is 1. The van der Waals surface area contributed by atoms with Crippen molar-refractivity contribution in [1.29, 1.82) is 0 Å². The van der Waals surface area contributed by atoms with E-state index in [0.29, 0.717) is 33.9 Å². The van der Waals surface area contributed by atoms with Crippen molar-refractivity contribution < 1.29 is 13.9 Å². The average molecular weight is 435 g/mol. The maximum absolute atomic E-state index is 12.4. The van der Waals surface area contributed by atoms with Crippen molar-refractivity contribution >= 4 is 34.3 Å². The molecule has 0 spiro atoms. The molecule has 4 rings (SSSR count). The van der Waals surface area contributed by atoms with Crippen molar-refractivity contribution in [3.63, 3.8) is 0 Å². The molecule has 1 aromatic heterocycles. The van der Waals surface area contributed by atoms with Gasteiger partial charge in [-0.15, -0.1) is 0 Å². The molecule has 1 amide bonds. The van der Waals surface area contributed by atoms with E-state index in [9.17, 15) is 4.79 Å². The van der Waals surface area contributed by atoms with Crippen LogP contribution in [-0.4, -0.2) is 17.5 Å². The highest BCUT2D eigenvalue weighted by Gasteiger charge is 2.13. The van der Waals surface area contributed by atoms with E-state index in [4.69, 9.17) is 20.8 Å². The summed E-state index contributed by atoms with van der Waals surface area (Å²) in [5.41, 5.74) is 3.92. The SMILES string of the molecule is CC[C@H](C)c1ccc(OCC(=O)Nc2cc(-c3nc4ccccc4o3)ccc2Cl)cc1. The fraction of sp³-hybridized carbons (Fsp3) is 0.200. The quantitative estimate of drug-likeness (QED) is 0.352. The number of aromatic nitrogens is 1. The number of hydrogen-bond donors (Lipinski definition) is 1. The molecule has 6 heteroatoms. The second-order valence-corrected chi connectivity index (χ2v) is 7.80. The summed E-state index contributed by atoms with van der Waals surface area (Å²) in [6, 6.07) is 20.6. The molecule has 158 valence electrons. The van der Waals surface area contributed by atoms with Gasteiger partial charge in [0.1, 0.15) is 11.3 Å². The molecule has 0 fully saturated rings. The fourth-order valence-electron chi connectivity index (χ4n) is 3.21. The highest BCUT2D eigenvalue weighted by atomic mass is 35.5. The molecular weight excluding hydrogens is 412 g/mol. The lowest BCUT2D eigenvalue weighted by molar-refractivity contribution is -0.118. The molecule has 1 N–H and O–H groups in total. The van der Waals surface area contributed by atoms with Crippen LogP contribution in [0.4, 0.5) is 5.69 Å². The van der Waals surface area contributed by atoms with Crippen LogP contribution in [0, 0.1) is 0 Å². The molecule has 0 unspecified atom stereocenters. The van der Waals surface area contributed by atoms with Gasteiger partial charge in [-0.25, -0.2) is 4.98 Å².